The normalized spacial score (nSPS) is 11.1. The summed E-state index contributed by atoms with van der Waals surface area (Å²) >= 11 is 3.04. The van der Waals surface area contributed by atoms with Gasteiger partial charge in [0, 0.05) is 24.1 Å². The summed E-state index contributed by atoms with van der Waals surface area (Å²) in [5.74, 6) is 0.585. The first-order valence-corrected chi connectivity index (χ1v) is 10.6. The lowest BCUT2D eigenvalue weighted by atomic mass is 10.1. The lowest BCUT2D eigenvalue weighted by Crippen LogP contribution is -2.25. The molecule has 5 nitrogen and oxygen atoms in total. The predicted molar refractivity (Wildman–Crippen MR) is 114 cm³/mol. The summed E-state index contributed by atoms with van der Waals surface area (Å²) in [5, 5.41) is 4.15. The number of thioether (sulfide) groups is 1. The summed E-state index contributed by atoms with van der Waals surface area (Å²) in [6, 6.07) is 5.97. The number of rotatable bonds is 5. The van der Waals surface area contributed by atoms with Crippen LogP contribution in [0.2, 0.25) is 0 Å². The lowest BCUT2D eigenvalue weighted by Gasteiger charge is -2.15. The number of thiophene rings is 1. The van der Waals surface area contributed by atoms with Gasteiger partial charge in [0.15, 0.2) is 5.16 Å². The summed E-state index contributed by atoms with van der Waals surface area (Å²) in [6.45, 7) is 10.1. The number of nitrogens with one attached hydrogen (secondary N) is 1. The number of carbonyl (C=O) groups is 1. The number of amides is 1. The molecule has 0 bridgehead atoms. The van der Waals surface area contributed by atoms with E-state index in [-0.39, 0.29) is 11.5 Å². The van der Waals surface area contributed by atoms with Crippen molar-refractivity contribution in [1.29, 1.82) is 0 Å². The molecule has 3 aromatic rings. The van der Waals surface area contributed by atoms with Crippen molar-refractivity contribution >= 4 is 39.2 Å². The third-order valence-electron chi connectivity index (χ3n) is 4.70. The maximum absolute atomic E-state index is 13.4. The molecule has 2 heterocycles. The molecule has 0 radical (unpaired) electrons. The van der Waals surface area contributed by atoms with Crippen LogP contribution in [0.15, 0.2) is 28.2 Å². The molecule has 0 aliphatic carbocycles. The molecule has 0 spiro atoms. The largest absolute Gasteiger partial charge is 0.356 e. The van der Waals surface area contributed by atoms with Crippen LogP contribution in [0, 0.1) is 27.7 Å². The summed E-state index contributed by atoms with van der Waals surface area (Å²) in [4.78, 5) is 31.2. The summed E-state index contributed by atoms with van der Waals surface area (Å²) in [5.41, 5.74) is 4.03. The summed E-state index contributed by atoms with van der Waals surface area (Å²) in [7, 11) is 0. The Balaban J connectivity index is 2.18. The molecule has 27 heavy (non-hydrogen) atoms. The Hall–Kier alpha value is -2.12. The van der Waals surface area contributed by atoms with Crippen molar-refractivity contribution < 1.29 is 4.79 Å². The zero-order chi connectivity index (χ0) is 19.7. The fourth-order valence-corrected chi connectivity index (χ4v) is 4.86. The molecular weight excluding hydrogens is 378 g/mol. The van der Waals surface area contributed by atoms with Crippen molar-refractivity contribution in [3.05, 3.63) is 50.1 Å². The molecule has 3 rings (SSSR count). The number of nitrogens with zero attached hydrogens (tertiary/aromatic N) is 2. The van der Waals surface area contributed by atoms with E-state index >= 15 is 0 Å². The quantitative estimate of drug-likeness (QED) is 0.400. The Bertz CT molecular complexity index is 1080. The number of hydrogen-bond acceptors (Lipinski definition) is 5. The van der Waals surface area contributed by atoms with Gasteiger partial charge < -0.3 is 5.32 Å². The van der Waals surface area contributed by atoms with E-state index in [1.54, 1.807) is 15.9 Å². The highest BCUT2D eigenvalue weighted by Gasteiger charge is 2.19. The van der Waals surface area contributed by atoms with Gasteiger partial charge in [0.1, 0.15) is 4.83 Å². The van der Waals surface area contributed by atoms with Crippen molar-refractivity contribution in [2.24, 2.45) is 0 Å². The molecule has 7 heteroatoms. The average Bonchev–Trinajstić information content (AvgIpc) is 2.89. The highest BCUT2D eigenvalue weighted by molar-refractivity contribution is 7.99. The van der Waals surface area contributed by atoms with Gasteiger partial charge in [-0.15, -0.1) is 11.3 Å². The fraction of sp³-hybridized carbons (Fsp3) is 0.350. The van der Waals surface area contributed by atoms with Gasteiger partial charge in [-0.05, 0) is 50.5 Å². The third-order valence-corrected chi connectivity index (χ3v) is 6.74. The van der Waals surface area contributed by atoms with Crippen LogP contribution in [0.25, 0.3) is 15.9 Å². The lowest BCUT2D eigenvalue weighted by molar-refractivity contribution is -0.118. The summed E-state index contributed by atoms with van der Waals surface area (Å²) < 4.78 is 1.72. The van der Waals surface area contributed by atoms with Crippen molar-refractivity contribution in [2.75, 3.05) is 12.3 Å². The van der Waals surface area contributed by atoms with Crippen LogP contribution in [-0.4, -0.2) is 27.8 Å². The van der Waals surface area contributed by atoms with Gasteiger partial charge in [-0.3, -0.25) is 14.2 Å². The smallest absolute Gasteiger partial charge is 0.267 e. The van der Waals surface area contributed by atoms with E-state index < -0.39 is 0 Å². The number of hydrogen-bond donors (Lipinski definition) is 1. The zero-order valence-electron chi connectivity index (χ0n) is 16.2. The van der Waals surface area contributed by atoms with Crippen LogP contribution in [0.1, 0.15) is 28.5 Å². The minimum atomic E-state index is -0.0598. The first kappa shape index (κ1) is 19.6. The highest BCUT2D eigenvalue weighted by atomic mass is 32.2. The third kappa shape index (κ3) is 3.80. The Morgan fingerprint density at radius 1 is 1.22 bits per heavy atom. The van der Waals surface area contributed by atoms with Gasteiger partial charge in [0.05, 0.1) is 11.1 Å². The van der Waals surface area contributed by atoms with Crippen LogP contribution in [0.5, 0.6) is 0 Å². The molecule has 0 aliphatic rings. The second-order valence-electron chi connectivity index (χ2n) is 6.55. The number of fused-ring (bicyclic) bond motifs is 1. The molecule has 0 saturated carbocycles. The molecule has 142 valence electrons. The van der Waals surface area contributed by atoms with E-state index in [1.807, 2.05) is 45.9 Å². The van der Waals surface area contributed by atoms with Gasteiger partial charge in [0.2, 0.25) is 5.91 Å². The molecule has 0 unspecified atom stereocenters. The Labute approximate surface area is 166 Å². The monoisotopic (exact) mass is 401 g/mol. The summed E-state index contributed by atoms with van der Waals surface area (Å²) in [6.07, 6.45) is 0. The predicted octanol–water partition coefficient (Wildman–Crippen LogP) is 3.91. The minimum absolute atomic E-state index is 0.0300. The van der Waals surface area contributed by atoms with Crippen LogP contribution in [0.4, 0.5) is 0 Å². The van der Waals surface area contributed by atoms with E-state index in [2.05, 4.69) is 5.32 Å². The molecule has 0 aliphatic heterocycles. The molecule has 0 fully saturated rings. The van der Waals surface area contributed by atoms with Crippen molar-refractivity contribution in [3.8, 4) is 5.69 Å². The van der Waals surface area contributed by atoms with Gasteiger partial charge >= 0.3 is 0 Å². The van der Waals surface area contributed by atoms with Gasteiger partial charge in [-0.2, -0.15) is 0 Å². The van der Waals surface area contributed by atoms with E-state index in [0.29, 0.717) is 22.8 Å². The first-order valence-electron chi connectivity index (χ1n) is 8.77. The van der Waals surface area contributed by atoms with E-state index in [1.165, 1.54) is 18.7 Å². The van der Waals surface area contributed by atoms with Crippen LogP contribution >= 0.6 is 23.1 Å². The molecule has 1 amide bonds. The van der Waals surface area contributed by atoms with Gasteiger partial charge in [0.25, 0.3) is 5.56 Å². The van der Waals surface area contributed by atoms with E-state index in [0.717, 1.165) is 32.1 Å². The first-order chi connectivity index (χ1) is 12.8. The molecule has 0 saturated heterocycles. The zero-order valence-corrected chi connectivity index (χ0v) is 17.8. The standard InChI is InChI=1S/C20H23N3O2S2/c1-11-7-6-8-16(12(11)2)23-19(25)17-13(3)14(4)27-18(17)22-20(23)26-10-9-21-15(5)24/h6-8H,9-10H2,1-5H3,(H,21,24). The number of carbonyl (C=O) groups excluding carboxylic acids is 1. The molecule has 1 N–H and O–H groups in total. The second kappa shape index (κ2) is 7.86. The van der Waals surface area contributed by atoms with Crippen LogP contribution in [0.3, 0.4) is 0 Å². The van der Waals surface area contributed by atoms with E-state index in [4.69, 9.17) is 4.98 Å². The Morgan fingerprint density at radius 2 is 1.96 bits per heavy atom. The van der Waals surface area contributed by atoms with Crippen LogP contribution < -0.4 is 10.9 Å². The SMILES string of the molecule is CC(=O)NCCSc1nc2sc(C)c(C)c2c(=O)n1-c1cccc(C)c1C. The fourth-order valence-electron chi connectivity index (χ4n) is 2.93. The van der Waals surface area contributed by atoms with Crippen LogP contribution in [-0.2, 0) is 4.79 Å². The maximum Gasteiger partial charge on any atom is 0.267 e. The number of aromatic nitrogens is 2. The molecular formula is C20H23N3O2S2. The maximum atomic E-state index is 13.4. The molecule has 0 atom stereocenters. The topological polar surface area (TPSA) is 64.0 Å². The Kier molecular flexibility index (Phi) is 5.72. The van der Waals surface area contributed by atoms with Crippen molar-refractivity contribution in [2.45, 2.75) is 39.8 Å². The average molecular weight is 402 g/mol. The van der Waals surface area contributed by atoms with Gasteiger partial charge in [-0.1, -0.05) is 23.9 Å². The molecule has 1 aromatic carbocycles. The molecule has 2 aromatic heterocycles. The number of aryl methyl sites for hydroxylation is 3. The van der Waals surface area contributed by atoms with Gasteiger partial charge in [-0.25, -0.2) is 4.98 Å². The highest BCUT2D eigenvalue weighted by Crippen LogP contribution is 2.30. The minimum Gasteiger partial charge on any atom is -0.356 e. The second-order valence-corrected chi connectivity index (χ2v) is 8.81. The van der Waals surface area contributed by atoms with Crippen molar-refractivity contribution in [1.82, 2.24) is 14.9 Å². The number of benzene rings is 1. The Morgan fingerprint density at radius 3 is 2.67 bits per heavy atom. The van der Waals surface area contributed by atoms with Crippen molar-refractivity contribution in [3.63, 3.8) is 0 Å². The van der Waals surface area contributed by atoms with E-state index in [9.17, 15) is 9.59 Å².